The average Bonchev–Trinajstić information content (AvgIpc) is 2.31. The number of rotatable bonds is 0. The van der Waals surface area contributed by atoms with Crippen LogP contribution in [0.3, 0.4) is 0 Å². The molecule has 0 nitrogen and oxygen atoms in total. The second kappa shape index (κ2) is 1.32. The largest absolute Gasteiger partial charge is 0.0770 e. The van der Waals surface area contributed by atoms with Gasteiger partial charge in [-0.15, -0.1) is 0 Å². The van der Waals surface area contributed by atoms with E-state index in [1.54, 1.807) is 5.57 Å². The minimum absolute atomic E-state index is 0.513. The zero-order chi connectivity index (χ0) is 8.94. The van der Waals surface area contributed by atoms with Gasteiger partial charge in [-0.1, -0.05) is 46.3 Å². The normalized spacial score (nSPS) is 63.6. The van der Waals surface area contributed by atoms with Crippen molar-refractivity contribution in [3.63, 3.8) is 0 Å². The summed E-state index contributed by atoms with van der Waals surface area (Å²) < 4.78 is 0. The molecular formula is C12H18. The molecule has 0 spiro atoms. The van der Waals surface area contributed by atoms with Crippen LogP contribution < -0.4 is 0 Å². The predicted molar refractivity (Wildman–Crippen MR) is 50.7 cm³/mol. The topological polar surface area (TPSA) is 0 Å². The highest BCUT2D eigenvalue weighted by molar-refractivity contribution is 5.55. The number of allylic oxidation sites excluding steroid dienone is 2. The fourth-order valence-corrected chi connectivity index (χ4v) is 4.68. The van der Waals surface area contributed by atoms with Crippen LogP contribution in [0.2, 0.25) is 0 Å². The smallest absolute Gasteiger partial charge is 0.00121 e. The van der Waals surface area contributed by atoms with E-state index in [4.69, 9.17) is 0 Å². The molecule has 5 rings (SSSR count). The molecule has 66 valence electrons. The molecule has 0 heteroatoms. The van der Waals surface area contributed by atoms with Crippen molar-refractivity contribution in [1.29, 1.82) is 0 Å². The summed E-state index contributed by atoms with van der Waals surface area (Å²) in [6.07, 6.45) is 2.55. The van der Waals surface area contributed by atoms with E-state index >= 15 is 0 Å². The fraction of sp³-hybridized carbons (Fsp3) is 0.833. The molecule has 0 aliphatic heterocycles. The summed E-state index contributed by atoms with van der Waals surface area (Å²) >= 11 is 0. The first-order valence-electron chi connectivity index (χ1n) is 5.10. The Balaban J connectivity index is 2.25. The van der Waals surface area contributed by atoms with E-state index < -0.39 is 0 Å². The molecule has 0 saturated heterocycles. The Bertz CT molecular complexity index is 310. The Morgan fingerprint density at radius 2 is 1.75 bits per heavy atom. The first-order valence-corrected chi connectivity index (χ1v) is 5.10. The number of hydrogen-bond acceptors (Lipinski definition) is 0. The second-order valence-electron chi connectivity index (χ2n) is 5.99. The van der Waals surface area contributed by atoms with Crippen molar-refractivity contribution in [2.75, 3.05) is 0 Å². The van der Waals surface area contributed by atoms with Gasteiger partial charge in [0.25, 0.3) is 0 Å². The maximum Gasteiger partial charge on any atom is 0.00121 e. The standard InChI is InChI=1S/C12H18/c1-7-9-8-6-11(4,10(9,2)3)12(7,8)5/h6-7,9H,1-5H3. The molecule has 0 aromatic heterocycles. The van der Waals surface area contributed by atoms with E-state index in [0.717, 1.165) is 11.8 Å². The lowest BCUT2D eigenvalue weighted by molar-refractivity contribution is 0.0528. The van der Waals surface area contributed by atoms with Gasteiger partial charge < -0.3 is 0 Å². The summed E-state index contributed by atoms with van der Waals surface area (Å²) in [4.78, 5) is 0. The molecule has 0 N–H and O–H groups in total. The van der Waals surface area contributed by atoms with Gasteiger partial charge in [-0.2, -0.15) is 0 Å². The van der Waals surface area contributed by atoms with Crippen LogP contribution in [0.5, 0.6) is 0 Å². The predicted octanol–water partition coefficient (Wildman–Crippen LogP) is 3.24. The summed E-state index contributed by atoms with van der Waals surface area (Å²) in [7, 11) is 0. The lowest BCUT2D eigenvalue weighted by Crippen LogP contribution is -2.51. The Morgan fingerprint density at radius 3 is 1.92 bits per heavy atom. The molecule has 0 aromatic rings. The Hall–Kier alpha value is -0.260. The van der Waals surface area contributed by atoms with Crippen LogP contribution >= 0.6 is 0 Å². The van der Waals surface area contributed by atoms with Gasteiger partial charge in [-0.25, -0.2) is 0 Å². The maximum atomic E-state index is 2.55. The molecule has 5 aliphatic rings. The Morgan fingerprint density at radius 1 is 1.17 bits per heavy atom. The quantitative estimate of drug-likeness (QED) is 0.480. The summed E-state index contributed by atoms with van der Waals surface area (Å²) in [5, 5.41) is 0. The van der Waals surface area contributed by atoms with Gasteiger partial charge in [0, 0.05) is 10.8 Å². The van der Waals surface area contributed by atoms with Gasteiger partial charge in [-0.3, -0.25) is 0 Å². The molecule has 0 radical (unpaired) electrons. The van der Waals surface area contributed by atoms with E-state index in [9.17, 15) is 0 Å². The van der Waals surface area contributed by atoms with Crippen molar-refractivity contribution in [3.05, 3.63) is 11.6 Å². The van der Waals surface area contributed by atoms with Crippen molar-refractivity contribution in [1.82, 2.24) is 0 Å². The van der Waals surface area contributed by atoms with Gasteiger partial charge in [0.1, 0.15) is 0 Å². The minimum atomic E-state index is 0.513. The molecule has 3 saturated carbocycles. The summed E-state index contributed by atoms with van der Waals surface area (Å²) in [6.45, 7) is 12.3. The number of hydrogen-bond donors (Lipinski definition) is 0. The highest BCUT2D eigenvalue weighted by Gasteiger charge is 2.82. The maximum absolute atomic E-state index is 2.55. The molecule has 5 aliphatic carbocycles. The third kappa shape index (κ3) is 0.313. The Kier molecular flexibility index (Phi) is 0.791. The van der Waals surface area contributed by atoms with Crippen molar-refractivity contribution in [3.8, 4) is 0 Å². The molecule has 4 unspecified atom stereocenters. The van der Waals surface area contributed by atoms with Gasteiger partial charge in [-0.05, 0) is 17.3 Å². The highest BCUT2D eigenvalue weighted by Crippen LogP contribution is 2.88. The summed E-state index contributed by atoms with van der Waals surface area (Å²) in [5.74, 6) is 1.84. The van der Waals surface area contributed by atoms with Crippen molar-refractivity contribution in [2.24, 2.45) is 28.1 Å². The zero-order valence-corrected chi connectivity index (χ0v) is 8.73. The lowest BCUT2D eigenvalue weighted by Gasteiger charge is -2.58. The third-order valence-electron chi connectivity index (χ3n) is 5.98. The van der Waals surface area contributed by atoms with Crippen LogP contribution in [0.25, 0.3) is 0 Å². The van der Waals surface area contributed by atoms with E-state index in [1.807, 2.05) is 0 Å². The molecule has 4 atom stereocenters. The van der Waals surface area contributed by atoms with E-state index in [2.05, 4.69) is 40.7 Å². The molecular weight excluding hydrogens is 144 g/mol. The van der Waals surface area contributed by atoms with Gasteiger partial charge in [0.05, 0.1) is 0 Å². The molecule has 0 aromatic carbocycles. The van der Waals surface area contributed by atoms with Gasteiger partial charge in [0.15, 0.2) is 0 Å². The third-order valence-corrected chi connectivity index (χ3v) is 5.98. The average molecular weight is 162 g/mol. The van der Waals surface area contributed by atoms with Gasteiger partial charge >= 0.3 is 0 Å². The molecule has 4 bridgehead atoms. The van der Waals surface area contributed by atoms with E-state index in [-0.39, 0.29) is 0 Å². The van der Waals surface area contributed by atoms with Crippen LogP contribution in [0.4, 0.5) is 0 Å². The second-order valence-corrected chi connectivity index (χ2v) is 5.99. The van der Waals surface area contributed by atoms with Crippen molar-refractivity contribution < 1.29 is 0 Å². The van der Waals surface area contributed by atoms with Crippen LogP contribution in [-0.2, 0) is 0 Å². The zero-order valence-electron chi connectivity index (χ0n) is 8.73. The minimum Gasteiger partial charge on any atom is -0.0770 e. The monoisotopic (exact) mass is 162 g/mol. The van der Waals surface area contributed by atoms with Crippen LogP contribution in [0.1, 0.15) is 34.6 Å². The van der Waals surface area contributed by atoms with Crippen LogP contribution in [0, 0.1) is 28.1 Å². The highest BCUT2D eigenvalue weighted by atomic mass is 14.8. The SMILES string of the molecule is CC1C2C3=CC(C)(C2(C)C)C31C. The molecule has 0 amide bonds. The molecule has 0 heterocycles. The first kappa shape index (κ1) is 7.17. The molecule has 12 heavy (non-hydrogen) atoms. The van der Waals surface area contributed by atoms with E-state index in [1.165, 1.54) is 0 Å². The summed E-state index contributed by atoms with van der Waals surface area (Å²) in [5.41, 5.74) is 3.42. The summed E-state index contributed by atoms with van der Waals surface area (Å²) in [6, 6.07) is 0. The molecule has 3 fully saturated rings. The lowest BCUT2D eigenvalue weighted by atomic mass is 9.45. The first-order chi connectivity index (χ1) is 5.37. The van der Waals surface area contributed by atoms with Crippen LogP contribution in [0.15, 0.2) is 11.6 Å². The van der Waals surface area contributed by atoms with E-state index in [0.29, 0.717) is 16.2 Å². The van der Waals surface area contributed by atoms with Crippen molar-refractivity contribution in [2.45, 2.75) is 34.6 Å². The van der Waals surface area contributed by atoms with Crippen LogP contribution in [-0.4, -0.2) is 0 Å². The Labute approximate surface area is 75.0 Å². The van der Waals surface area contributed by atoms with Crippen molar-refractivity contribution >= 4 is 0 Å². The fourth-order valence-electron chi connectivity index (χ4n) is 4.68. The van der Waals surface area contributed by atoms with Gasteiger partial charge in [0.2, 0.25) is 0 Å².